The fraction of sp³-hybridized carbons (Fsp3) is 0.526. The second-order valence-electron chi connectivity index (χ2n) is 7.05. The van der Waals surface area contributed by atoms with Crippen molar-refractivity contribution in [3.05, 3.63) is 23.8 Å². The summed E-state index contributed by atoms with van der Waals surface area (Å²) in [5, 5.41) is 3.07. The molecule has 0 spiro atoms. The SMILES string of the molecule is CN(C)C(=O)CN1C(=O)COc2ccc(C(=O)NC3CCCCC3)cc21. The van der Waals surface area contributed by atoms with E-state index in [1.807, 2.05) is 0 Å². The largest absolute Gasteiger partial charge is 0.482 e. The van der Waals surface area contributed by atoms with E-state index in [0.29, 0.717) is 17.0 Å². The van der Waals surface area contributed by atoms with Gasteiger partial charge < -0.3 is 15.0 Å². The summed E-state index contributed by atoms with van der Waals surface area (Å²) in [5.41, 5.74) is 0.933. The van der Waals surface area contributed by atoms with Gasteiger partial charge in [-0.1, -0.05) is 19.3 Å². The van der Waals surface area contributed by atoms with Crippen LogP contribution < -0.4 is 15.0 Å². The van der Waals surface area contributed by atoms with Gasteiger partial charge in [-0.05, 0) is 31.0 Å². The fourth-order valence-electron chi connectivity index (χ4n) is 3.31. The van der Waals surface area contributed by atoms with Crippen molar-refractivity contribution in [2.45, 2.75) is 38.1 Å². The smallest absolute Gasteiger partial charge is 0.265 e. The van der Waals surface area contributed by atoms with Gasteiger partial charge in [0.05, 0.1) is 5.69 Å². The number of fused-ring (bicyclic) bond motifs is 1. The van der Waals surface area contributed by atoms with Crippen molar-refractivity contribution in [1.29, 1.82) is 0 Å². The third-order valence-electron chi connectivity index (χ3n) is 4.90. The van der Waals surface area contributed by atoms with Crippen LogP contribution in [-0.2, 0) is 9.59 Å². The first-order valence-corrected chi connectivity index (χ1v) is 9.04. The highest BCUT2D eigenvalue weighted by Gasteiger charge is 2.29. The first kappa shape index (κ1) is 18.2. The maximum absolute atomic E-state index is 12.6. The van der Waals surface area contributed by atoms with E-state index < -0.39 is 0 Å². The number of benzene rings is 1. The monoisotopic (exact) mass is 359 g/mol. The second-order valence-corrected chi connectivity index (χ2v) is 7.05. The highest BCUT2D eigenvalue weighted by molar-refractivity contribution is 6.04. The molecule has 2 aliphatic rings. The molecule has 0 unspecified atom stereocenters. The van der Waals surface area contributed by atoms with Crippen LogP contribution in [0.4, 0.5) is 5.69 Å². The van der Waals surface area contributed by atoms with E-state index in [-0.39, 0.29) is 36.9 Å². The maximum atomic E-state index is 12.6. The maximum Gasteiger partial charge on any atom is 0.265 e. The Hall–Kier alpha value is -2.57. The molecule has 1 aromatic rings. The lowest BCUT2D eigenvalue weighted by atomic mass is 9.95. The number of nitrogens with one attached hydrogen (secondary N) is 1. The van der Waals surface area contributed by atoms with Gasteiger partial charge in [-0.15, -0.1) is 0 Å². The molecule has 1 aromatic carbocycles. The summed E-state index contributed by atoms with van der Waals surface area (Å²) in [5.74, 6) is -0.136. The molecular weight excluding hydrogens is 334 g/mol. The van der Waals surface area contributed by atoms with Gasteiger partial charge in [0.15, 0.2) is 6.61 Å². The van der Waals surface area contributed by atoms with Gasteiger partial charge in [-0.25, -0.2) is 0 Å². The summed E-state index contributed by atoms with van der Waals surface area (Å²) in [4.78, 5) is 39.7. The Bertz CT molecular complexity index is 711. The van der Waals surface area contributed by atoms with E-state index in [4.69, 9.17) is 4.74 Å². The molecule has 3 rings (SSSR count). The Morgan fingerprint density at radius 3 is 2.65 bits per heavy atom. The molecule has 26 heavy (non-hydrogen) atoms. The molecule has 1 saturated carbocycles. The van der Waals surface area contributed by atoms with E-state index in [2.05, 4.69) is 5.32 Å². The van der Waals surface area contributed by atoms with Crippen molar-refractivity contribution in [3.63, 3.8) is 0 Å². The van der Waals surface area contributed by atoms with Crippen LogP contribution in [0.25, 0.3) is 0 Å². The van der Waals surface area contributed by atoms with Crippen LogP contribution >= 0.6 is 0 Å². The van der Waals surface area contributed by atoms with Gasteiger partial charge in [-0.2, -0.15) is 0 Å². The molecule has 0 saturated heterocycles. The predicted molar refractivity (Wildman–Crippen MR) is 97.3 cm³/mol. The third-order valence-corrected chi connectivity index (χ3v) is 4.90. The van der Waals surface area contributed by atoms with Crippen LogP contribution in [0.3, 0.4) is 0 Å². The summed E-state index contributed by atoms with van der Waals surface area (Å²) in [6.45, 7) is -0.183. The van der Waals surface area contributed by atoms with Crippen molar-refractivity contribution in [2.24, 2.45) is 0 Å². The molecule has 1 aliphatic carbocycles. The Morgan fingerprint density at radius 1 is 1.23 bits per heavy atom. The summed E-state index contributed by atoms with van der Waals surface area (Å²) in [6.07, 6.45) is 5.50. The summed E-state index contributed by atoms with van der Waals surface area (Å²) in [7, 11) is 3.28. The lowest BCUT2D eigenvalue weighted by Crippen LogP contribution is -2.45. The quantitative estimate of drug-likeness (QED) is 0.885. The fourth-order valence-corrected chi connectivity index (χ4v) is 3.31. The number of nitrogens with zero attached hydrogens (tertiary/aromatic N) is 2. The molecule has 1 fully saturated rings. The number of anilines is 1. The molecule has 0 bridgehead atoms. The number of carbonyl (C=O) groups excluding carboxylic acids is 3. The van der Waals surface area contributed by atoms with Gasteiger partial charge in [0, 0.05) is 25.7 Å². The highest BCUT2D eigenvalue weighted by atomic mass is 16.5. The number of rotatable bonds is 4. The molecule has 7 heteroatoms. The van der Waals surface area contributed by atoms with Crippen molar-refractivity contribution >= 4 is 23.4 Å². The number of hydrogen-bond acceptors (Lipinski definition) is 4. The van der Waals surface area contributed by atoms with Crippen molar-refractivity contribution in [1.82, 2.24) is 10.2 Å². The van der Waals surface area contributed by atoms with E-state index in [1.165, 1.54) is 16.2 Å². The van der Waals surface area contributed by atoms with Gasteiger partial charge in [0.1, 0.15) is 12.3 Å². The molecular formula is C19H25N3O4. The third kappa shape index (κ3) is 3.98. The Kier molecular flexibility index (Phi) is 5.44. The van der Waals surface area contributed by atoms with Gasteiger partial charge >= 0.3 is 0 Å². The minimum Gasteiger partial charge on any atom is -0.482 e. The molecule has 3 amide bonds. The Labute approximate surface area is 153 Å². The van der Waals surface area contributed by atoms with Crippen molar-refractivity contribution in [3.8, 4) is 5.75 Å². The molecule has 7 nitrogen and oxygen atoms in total. The number of likely N-dealkylation sites (N-methyl/N-ethyl adjacent to an activating group) is 1. The second kappa shape index (κ2) is 7.76. The lowest BCUT2D eigenvalue weighted by molar-refractivity contribution is -0.130. The number of carbonyl (C=O) groups is 3. The lowest BCUT2D eigenvalue weighted by Gasteiger charge is -2.30. The van der Waals surface area contributed by atoms with Crippen LogP contribution in [0.1, 0.15) is 42.5 Å². The Morgan fingerprint density at radius 2 is 1.96 bits per heavy atom. The zero-order valence-corrected chi connectivity index (χ0v) is 15.3. The Balaban J connectivity index is 1.80. The van der Waals surface area contributed by atoms with Crippen LogP contribution in [-0.4, -0.2) is 55.9 Å². The summed E-state index contributed by atoms with van der Waals surface area (Å²) >= 11 is 0. The van der Waals surface area contributed by atoms with E-state index in [0.717, 1.165) is 25.7 Å². The highest BCUT2D eigenvalue weighted by Crippen LogP contribution is 2.33. The van der Waals surface area contributed by atoms with E-state index >= 15 is 0 Å². The predicted octanol–water partition coefficient (Wildman–Crippen LogP) is 1.56. The normalized spacial score (nSPS) is 17.3. The summed E-state index contributed by atoms with van der Waals surface area (Å²) < 4.78 is 5.44. The zero-order chi connectivity index (χ0) is 18.7. The van der Waals surface area contributed by atoms with Crippen molar-refractivity contribution < 1.29 is 19.1 Å². The standard InChI is InChI=1S/C19H25N3O4/c1-21(2)17(23)11-22-15-10-13(8-9-16(15)26-12-18(22)24)19(25)20-14-6-4-3-5-7-14/h8-10,14H,3-7,11-12H2,1-2H3,(H,20,25). The summed E-state index contributed by atoms with van der Waals surface area (Å²) in [6, 6.07) is 5.22. The first-order chi connectivity index (χ1) is 12.5. The average molecular weight is 359 g/mol. The van der Waals surface area contributed by atoms with Crippen molar-refractivity contribution in [2.75, 3.05) is 32.1 Å². The first-order valence-electron chi connectivity index (χ1n) is 9.04. The van der Waals surface area contributed by atoms with Crippen LogP contribution in [0.2, 0.25) is 0 Å². The molecule has 1 N–H and O–H groups in total. The molecule has 0 radical (unpaired) electrons. The molecule has 1 heterocycles. The van der Waals surface area contributed by atoms with Crippen LogP contribution in [0, 0.1) is 0 Å². The van der Waals surface area contributed by atoms with E-state index in [9.17, 15) is 14.4 Å². The minimum atomic E-state index is -0.294. The van der Waals surface area contributed by atoms with E-state index in [1.54, 1.807) is 32.3 Å². The van der Waals surface area contributed by atoms with Gasteiger partial charge in [-0.3, -0.25) is 19.3 Å². The topological polar surface area (TPSA) is 79.0 Å². The van der Waals surface area contributed by atoms with Crippen LogP contribution in [0.5, 0.6) is 5.75 Å². The number of hydrogen-bond donors (Lipinski definition) is 1. The zero-order valence-electron chi connectivity index (χ0n) is 15.3. The molecule has 1 aliphatic heterocycles. The molecule has 0 aromatic heterocycles. The number of amides is 3. The minimum absolute atomic E-state index is 0.0735. The van der Waals surface area contributed by atoms with Gasteiger partial charge in [0.25, 0.3) is 11.8 Å². The number of ether oxygens (including phenoxy) is 1. The average Bonchev–Trinajstić information content (AvgIpc) is 2.64. The molecule has 140 valence electrons. The van der Waals surface area contributed by atoms with Crippen LogP contribution in [0.15, 0.2) is 18.2 Å². The van der Waals surface area contributed by atoms with Gasteiger partial charge in [0.2, 0.25) is 5.91 Å². The molecule has 0 atom stereocenters.